The third-order valence-electron chi connectivity index (χ3n) is 5.75. The second kappa shape index (κ2) is 8.19. The van der Waals surface area contributed by atoms with Crippen molar-refractivity contribution >= 4 is 0 Å². The summed E-state index contributed by atoms with van der Waals surface area (Å²) in [4.78, 5) is 0. The molecule has 7 unspecified atom stereocenters. The molecule has 2 fully saturated rings. The summed E-state index contributed by atoms with van der Waals surface area (Å²) in [5.74, 6) is -3.79. The third-order valence-corrected chi connectivity index (χ3v) is 5.75. The van der Waals surface area contributed by atoms with E-state index in [1.54, 1.807) is 13.8 Å². The molecule has 1 heterocycles. The van der Waals surface area contributed by atoms with Crippen LogP contribution >= 0.6 is 0 Å². The Kier molecular flexibility index (Phi) is 6.99. The number of rotatable bonds is 9. The molecular formula is C18H32F3NO7. The van der Waals surface area contributed by atoms with Crippen LogP contribution in [0.1, 0.15) is 40.5 Å². The lowest BCUT2D eigenvalue weighted by atomic mass is 9.78. The lowest BCUT2D eigenvalue weighted by molar-refractivity contribution is -0.438. The molecule has 0 bridgehead atoms. The first kappa shape index (κ1) is 24.7. The number of alkyl halides is 3. The van der Waals surface area contributed by atoms with E-state index in [-0.39, 0.29) is 6.61 Å². The first-order chi connectivity index (χ1) is 13.0. The number of aliphatic hydroxyl groups is 5. The Hall–Kier alpha value is -0.530. The highest BCUT2D eigenvalue weighted by molar-refractivity contribution is 5.10. The van der Waals surface area contributed by atoms with Crippen molar-refractivity contribution in [2.24, 2.45) is 17.3 Å². The summed E-state index contributed by atoms with van der Waals surface area (Å²) in [6.45, 7) is 6.38. The minimum absolute atomic E-state index is 0.134. The molecule has 7 atom stereocenters. The van der Waals surface area contributed by atoms with E-state index < -0.39 is 66.1 Å². The fourth-order valence-corrected chi connectivity index (χ4v) is 4.51. The van der Waals surface area contributed by atoms with Crippen LogP contribution in [0.4, 0.5) is 13.2 Å². The quantitative estimate of drug-likeness (QED) is 0.283. The molecule has 1 aliphatic heterocycles. The minimum Gasteiger partial charge on any atom is -0.396 e. The van der Waals surface area contributed by atoms with E-state index >= 15 is 0 Å². The van der Waals surface area contributed by atoms with Gasteiger partial charge in [-0.05, 0) is 32.1 Å². The highest BCUT2D eigenvalue weighted by Gasteiger charge is 2.71. The molecule has 8 nitrogen and oxygen atoms in total. The Morgan fingerprint density at radius 3 is 2.24 bits per heavy atom. The Morgan fingerprint density at radius 2 is 1.72 bits per heavy atom. The zero-order valence-electron chi connectivity index (χ0n) is 17.0. The number of nitrogens with one attached hydrogen (secondary N) is 1. The van der Waals surface area contributed by atoms with Gasteiger partial charge in [-0.2, -0.15) is 13.2 Å². The van der Waals surface area contributed by atoms with Crippen LogP contribution in [0.2, 0.25) is 0 Å². The molecule has 2 rings (SSSR count). The van der Waals surface area contributed by atoms with Crippen molar-refractivity contribution in [3.8, 4) is 0 Å². The van der Waals surface area contributed by atoms with Gasteiger partial charge in [0.25, 0.3) is 0 Å². The fraction of sp³-hybridized carbons (Fsp3) is 1.00. The highest BCUT2D eigenvalue weighted by atomic mass is 19.4. The van der Waals surface area contributed by atoms with Crippen LogP contribution < -0.4 is 5.32 Å². The molecule has 1 saturated carbocycles. The molecule has 2 aliphatic rings. The molecule has 172 valence electrons. The summed E-state index contributed by atoms with van der Waals surface area (Å²) in [5, 5.41) is 51.1. The first-order valence-corrected chi connectivity index (χ1v) is 9.55. The standard InChI is InChI=1S/C18H32F3NO7/c1-15(2,8-16(3,4)22-14(26)18(19,20)21)5-6-28-13-10-12(25)11(24)9(7-23)17(10,27)29-13/h9-14,22-27H,5-8H2,1-4H3. The predicted octanol–water partition coefficient (Wildman–Crippen LogP) is 0.0633. The summed E-state index contributed by atoms with van der Waals surface area (Å²) in [5.41, 5.74) is -1.48. The summed E-state index contributed by atoms with van der Waals surface area (Å²) >= 11 is 0. The van der Waals surface area contributed by atoms with Gasteiger partial charge < -0.3 is 35.0 Å². The largest absolute Gasteiger partial charge is 0.427 e. The molecule has 29 heavy (non-hydrogen) atoms. The van der Waals surface area contributed by atoms with Crippen LogP contribution in [0, 0.1) is 17.3 Å². The molecule has 0 aromatic carbocycles. The van der Waals surface area contributed by atoms with Crippen molar-refractivity contribution in [3.05, 3.63) is 0 Å². The number of hydrogen-bond acceptors (Lipinski definition) is 8. The van der Waals surface area contributed by atoms with E-state index in [0.717, 1.165) is 0 Å². The predicted molar refractivity (Wildman–Crippen MR) is 94.1 cm³/mol. The summed E-state index contributed by atoms with van der Waals surface area (Å²) in [6.07, 6.45) is -10.3. The summed E-state index contributed by atoms with van der Waals surface area (Å²) in [7, 11) is 0. The maximum atomic E-state index is 12.6. The van der Waals surface area contributed by atoms with Crippen LogP contribution in [0.3, 0.4) is 0 Å². The lowest BCUT2D eigenvalue weighted by Gasteiger charge is -2.49. The van der Waals surface area contributed by atoms with Crippen molar-refractivity contribution in [1.82, 2.24) is 5.32 Å². The molecule has 11 heteroatoms. The number of hydrogen-bond donors (Lipinski definition) is 6. The van der Waals surface area contributed by atoms with Crippen LogP contribution in [-0.2, 0) is 9.47 Å². The van der Waals surface area contributed by atoms with E-state index in [2.05, 4.69) is 5.32 Å². The third kappa shape index (κ3) is 5.21. The fourth-order valence-electron chi connectivity index (χ4n) is 4.51. The van der Waals surface area contributed by atoms with Gasteiger partial charge in [-0.25, -0.2) is 0 Å². The number of ether oxygens (including phenoxy) is 2. The van der Waals surface area contributed by atoms with Crippen LogP contribution in [0.5, 0.6) is 0 Å². The van der Waals surface area contributed by atoms with Crippen molar-refractivity contribution in [1.29, 1.82) is 0 Å². The van der Waals surface area contributed by atoms with Crippen molar-refractivity contribution in [2.75, 3.05) is 13.2 Å². The molecule has 0 aromatic heterocycles. The Bertz CT molecular complexity index is 574. The zero-order valence-corrected chi connectivity index (χ0v) is 17.0. The normalized spacial score (nSPS) is 36.6. The lowest BCUT2D eigenvalue weighted by Crippen LogP contribution is -2.63. The second-order valence-electron chi connectivity index (χ2n) is 9.47. The maximum Gasteiger partial charge on any atom is 0.427 e. The second-order valence-corrected chi connectivity index (χ2v) is 9.47. The summed E-state index contributed by atoms with van der Waals surface area (Å²) in [6, 6.07) is 0. The molecule has 6 N–H and O–H groups in total. The molecule has 1 aliphatic carbocycles. The van der Waals surface area contributed by atoms with Crippen molar-refractivity contribution in [2.45, 2.75) is 82.8 Å². The van der Waals surface area contributed by atoms with Gasteiger partial charge in [0.1, 0.15) is 0 Å². The number of aliphatic hydroxyl groups excluding tert-OH is 4. The molecule has 1 saturated heterocycles. The van der Waals surface area contributed by atoms with Crippen molar-refractivity contribution < 1.29 is 48.2 Å². The van der Waals surface area contributed by atoms with E-state index in [4.69, 9.17) is 9.47 Å². The van der Waals surface area contributed by atoms with Gasteiger partial charge in [-0.3, -0.25) is 5.32 Å². The number of fused-ring (bicyclic) bond motifs is 1. The van der Waals surface area contributed by atoms with E-state index in [1.165, 1.54) is 0 Å². The maximum absolute atomic E-state index is 12.6. The smallest absolute Gasteiger partial charge is 0.396 e. The summed E-state index contributed by atoms with van der Waals surface area (Å²) < 4.78 is 48.6. The molecular weight excluding hydrogens is 399 g/mol. The molecule has 0 amide bonds. The highest BCUT2D eigenvalue weighted by Crippen LogP contribution is 2.53. The molecule has 0 radical (unpaired) electrons. The first-order valence-electron chi connectivity index (χ1n) is 9.55. The zero-order chi connectivity index (χ0) is 22.4. The van der Waals surface area contributed by atoms with Gasteiger partial charge in [0.05, 0.1) is 37.3 Å². The van der Waals surface area contributed by atoms with Crippen molar-refractivity contribution in [3.63, 3.8) is 0 Å². The molecule has 0 aromatic rings. The van der Waals surface area contributed by atoms with E-state index in [1.807, 2.05) is 13.8 Å². The monoisotopic (exact) mass is 431 g/mol. The Balaban J connectivity index is 1.84. The van der Waals surface area contributed by atoms with Gasteiger partial charge >= 0.3 is 6.18 Å². The Morgan fingerprint density at radius 1 is 1.14 bits per heavy atom. The average Bonchev–Trinajstić information content (AvgIpc) is 2.65. The van der Waals surface area contributed by atoms with Gasteiger partial charge in [0, 0.05) is 5.54 Å². The van der Waals surface area contributed by atoms with E-state index in [9.17, 15) is 38.7 Å². The van der Waals surface area contributed by atoms with Crippen LogP contribution in [0.25, 0.3) is 0 Å². The van der Waals surface area contributed by atoms with Crippen LogP contribution in [-0.4, -0.2) is 81.0 Å². The van der Waals surface area contributed by atoms with Gasteiger partial charge in [0.2, 0.25) is 6.23 Å². The number of halogens is 3. The van der Waals surface area contributed by atoms with Gasteiger partial charge in [-0.1, -0.05) is 13.8 Å². The topological polar surface area (TPSA) is 132 Å². The van der Waals surface area contributed by atoms with Gasteiger partial charge in [0.15, 0.2) is 12.1 Å². The Labute approximate surface area is 167 Å². The van der Waals surface area contributed by atoms with Gasteiger partial charge in [-0.15, -0.1) is 0 Å². The molecule has 0 spiro atoms. The average molecular weight is 431 g/mol. The SMILES string of the molecule is CC(C)(CCOC1OC2(O)C(CO)C(O)C(O)C12)CC(C)(C)NC(O)C(F)(F)F. The van der Waals surface area contributed by atoms with Crippen LogP contribution in [0.15, 0.2) is 0 Å². The minimum atomic E-state index is -4.76. The van der Waals surface area contributed by atoms with E-state index in [0.29, 0.717) is 12.8 Å².